The van der Waals surface area contributed by atoms with Gasteiger partial charge in [-0.15, -0.1) is 0 Å². The van der Waals surface area contributed by atoms with Crippen LogP contribution < -0.4 is 5.32 Å². The van der Waals surface area contributed by atoms with E-state index >= 15 is 0 Å². The van der Waals surface area contributed by atoms with Crippen LogP contribution in [0.4, 0.5) is 0 Å². The molecule has 2 N–H and O–H groups in total. The van der Waals surface area contributed by atoms with Crippen LogP contribution in [0.3, 0.4) is 0 Å². The molecule has 1 atom stereocenters. The number of nitrogens with zero attached hydrogens (tertiary/aromatic N) is 1. The van der Waals surface area contributed by atoms with Crippen molar-refractivity contribution in [1.82, 2.24) is 10.2 Å². The summed E-state index contributed by atoms with van der Waals surface area (Å²) in [5.41, 5.74) is 2.62. The third-order valence-electron chi connectivity index (χ3n) is 4.50. The van der Waals surface area contributed by atoms with Crippen LogP contribution in [-0.2, 0) is 0 Å². The maximum absolute atomic E-state index is 12.3. The molecule has 4 nitrogen and oxygen atoms in total. The number of nitrogens with one attached hydrogen (secondary N) is 1. The lowest BCUT2D eigenvalue weighted by Gasteiger charge is -2.17. The molecule has 1 aromatic carbocycles. The Morgan fingerprint density at radius 3 is 3.00 bits per heavy atom. The van der Waals surface area contributed by atoms with E-state index in [1.54, 1.807) is 25.1 Å². The molecule has 23 heavy (non-hydrogen) atoms. The van der Waals surface area contributed by atoms with Gasteiger partial charge in [0.05, 0.1) is 0 Å². The molecule has 1 heterocycles. The van der Waals surface area contributed by atoms with Crippen molar-refractivity contribution in [3.05, 3.63) is 41.0 Å². The average Bonchev–Trinajstić information content (AvgIpc) is 2.95. The number of amides is 1. The SMILES string of the molecule is CC/C=C(\C)CN1CCC(CNC(=O)c2cccc(O)c2C)C1. The fourth-order valence-electron chi connectivity index (χ4n) is 3.19. The molecule has 0 aromatic heterocycles. The molecule has 0 aliphatic carbocycles. The van der Waals surface area contributed by atoms with E-state index in [-0.39, 0.29) is 11.7 Å². The van der Waals surface area contributed by atoms with Crippen LogP contribution in [0.15, 0.2) is 29.8 Å². The zero-order valence-corrected chi connectivity index (χ0v) is 14.4. The second-order valence-electron chi connectivity index (χ2n) is 6.51. The third kappa shape index (κ3) is 4.83. The van der Waals surface area contributed by atoms with Crippen molar-refractivity contribution in [3.8, 4) is 5.75 Å². The van der Waals surface area contributed by atoms with Crippen LogP contribution in [0.5, 0.6) is 5.75 Å². The highest BCUT2D eigenvalue weighted by molar-refractivity contribution is 5.96. The van der Waals surface area contributed by atoms with Gasteiger partial charge >= 0.3 is 0 Å². The summed E-state index contributed by atoms with van der Waals surface area (Å²) in [6.07, 6.45) is 4.49. The van der Waals surface area contributed by atoms with E-state index in [1.165, 1.54) is 5.57 Å². The number of hydrogen-bond acceptors (Lipinski definition) is 3. The molecule has 4 heteroatoms. The first-order chi connectivity index (χ1) is 11.0. The Labute approximate surface area is 139 Å². The first kappa shape index (κ1) is 17.5. The summed E-state index contributed by atoms with van der Waals surface area (Å²) >= 11 is 0. The predicted molar refractivity (Wildman–Crippen MR) is 93.8 cm³/mol. The molecule has 0 bridgehead atoms. The van der Waals surface area contributed by atoms with E-state index in [0.717, 1.165) is 32.5 Å². The molecule has 0 spiro atoms. The zero-order valence-electron chi connectivity index (χ0n) is 14.4. The average molecular weight is 316 g/mol. The number of hydrogen-bond donors (Lipinski definition) is 2. The van der Waals surface area contributed by atoms with E-state index in [4.69, 9.17) is 0 Å². The number of allylic oxidation sites excluding steroid dienone is 1. The van der Waals surface area contributed by atoms with E-state index < -0.39 is 0 Å². The van der Waals surface area contributed by atoms with E-state index in [0.29, 0.717) is 23.6 Å². The van der Waals surface area contributed by atoms with Gasteiger partial charge in [-0.1, -0.05) is 24.6 Å². The van der Waals surface area contributed by atoms with Gasteiger partial charge in [0.25, 0.3) is 5.91 Å². The molecule has 1 aliphatic heterocycles. The molecule has 0 saturated carbocycles. The van der Waals surface area contributed by atoms with Crippen LogP contribution >= 0.6 is 0 Å². The summed E-state index contributed by atoms with van der Waals surface area (Å²) < 4.78 is 0. The van der Waals surface area contributed by atoms with Gasteiger partial charge in [-0.3, -0.25) is 9.69 Å². The van der Waals surface area contributed by atoms with Crippen LogP contribution in [-0.4, -0.2) is 42.1 Å². The highest BCUT2D eigenvalue weighted by atomic mass is 16.3. The summed E-state index contributed by atoms with van der Waals surface area (Å²) in [4.78, 5) is 14.7. The van der Waals surface area contributed by atoms with Gasteiger partial charge in [0.2, 0.25) is 0 Å². The van der Waals surface area contributed by atoms with Crippen molar-refractivity contribution in [2.45, 2.75) is 33.6 Å². The van der Waals surface area contributed by atoms with Crippen molar-refractivity contribution in [2.75, 3.05) is 26.2 Å². The second-order valence-corrected chi connectivity index (χ2v) is 6.51. The van der Waals surface area contributed by atoms with E-state index in [1.807, 2.05) is 0 Å². The predicted octanol–water partition coefficient (Wildman–Crippen LogP) is 3.11. The Morgan fingerprint density at radius 1 is 1.48 bits per heavy atom. The van der Waals surface area contributed by atoms with Gasteiger partial charge in [0.15, 0.2) is 0 Å². The van der Waals surface area contributed by atoms with Gasteiger partial charge < -0.3 is 10.4 Å². The Bertz CT molecular complexity index is 581. The Kier molecular flexibility index (Phi) is 6.22. The smallest absolute Gasteiger partial charge is 0.251 e. The van der Waals surface area contributed by atoms with Crippen molar-refractivity contribution in [1.29, 1.82) is 0 Å². The van der Waals surface area contributed by atoms with Crippen molar-refractivity contribution >= 4 is 5.91 Å². The molecular formula is C19H28N2O2. The fraction of sp³-hybridized carbons (Fsp3) is 0.526. The summed E-state index contributed by atoms with van der Waals surface area (Å²) in [6, 6.07) is 5.06. The summed E-state index contributed by atoms with van der Waals surface area (Å²) in [5.74, 6) is 0.577. The minimum atomic E-state index is -0.0982. The summed E-state index contributed by atoms with van der Waals surface area (Å²) in [5, 5.41) is 12.7. The normalized spacial score (nSPS) is 19.1. The molecule has 1 fully saturated rings. The molecule has 2 rings (SSSR count). The van der Waals surface area contributed by atoms with Crippen molar-refractivity contribution in [2.24, 2.45) is 5.92 Å². The highest BCUT2D eigenvalue weighted by Crippen LogP contribution is 2.20. The van der Waals surface area contributed by atoms with Crippen LogP contribution in [0, 0.1) is 12.8 Å². The molecule has 0 radical (unpaired) electrons. The number of phenols is 1. The summed E-state index contributed by atoms with van der Waals surface area (Å²) in [7, 11) is 0. The first-order valence-electron chi connectivity index (χ1n) is 8.46. The molecule has 1 amide bonds. The topological polar surface area (TPSA) is 52.6 Å². The van der Waals surface area contributed by atoms with Crippen LogP contribution in [0.25, 0.3) is 0 Å². The molecule has 126 valence electrons. The Balaban J connectivity index is 1.82. The molecule has 1 aliphatic rings. The monoisotopic (exact) mass is 316 g/mol. The highest BCUT2D eigenvalue weighted by Gasteiger charge is 2.23. The molecular weight excluding hydrogens is 288 g/mol. The van der Waals surface area contributed by atoms with E-state index in [2.05, 4.69) is 30.1 Å². The second kappa shape index (κ2) is 8.16. The molecule has 1 unspecified atom stereocenters. The number of carbonyl (C=O) groups excluding carboxylic acids is 1. The number of aromatic hydroxyl groups is 1. The Hall–Kier alpha value is -1.81. The lowest BCUT2D eigenvalue weighted by atomic mass is 10.1. The minimum absolute atomic E-state index is 0.0982. The van der Waals surface area contributed by atoms with Gasteiger partial charge in [-0.2, -0.15) is 0 Å². The molecule has 1 saturated heterocycles. The largest absolute Gasteiger partial charge is 0.508 e. The van der Waals surface area contributed by atoms with Gasteiger partial charge in [-0.05, 0) is 51.3 Å². The third-order valence-corrected chi connectivity index (χ3v) is 4.50. The van der Waals surface area contributed by atoms with Gasteiger partial charge in [-0.25, -0.2) is 0 Å². The number of carbonyl (C=O) groups is 1. The van der Waals surface area contributed by atoms with Gasteiger partial charge in [0, 0.05) is 30.8 Å². The lowest BCUT2D eigenvalue weighted by molar-refractivity contribution is 0.0946. The maximum atomic E-state index is 12.3. The summed E-state index contributed by atoms with van der Waals surface area (Å²) in [6.45, 7) is 9.97. The quantitative estimate of drug-likeness (QED) is 0.793. The number of likely N-dealkylation sites (tertiary alicyclic amines) is 1. The fourth-order valence-corrected chi connectivity index (χ4v) is 3.19. The number of phenolic OH excluding ortho intramolecular Hbond substituents is 1. The number of benzene rings is 1. The van der Waals surface area contributed by atoms with Crippen molar-refractivity contribution < 1.29 is 9.90 Å². The first-order valence-corrected chi connectivity index (χ1v) is 8.46. The van der Waals surface area contributed by atoms with Crippen LogP contribution in [0.2, 0.25) is 0 Å². The van der Waals surface area contributed by atoms with Crippen molar-refractivity contribution in [3.63, 3.8) is 0 Å². The zero-order chi connectivity index (χ0) is 16.8. The lowest BCUT2D eigenvalue weighted by Crippen LogP contribution is -2.31. The minimum Gasteiger partial charge on any atom is -0.508 e. The maximum Gasteiger partial charge on any atom is 0.251 e. The van der Waals surface area contributed by atoms with E-state index in [9.17, 15) is 9.90 Å². The number of rotatable bonds is 6. The molecule has 1 aromatic rings. The van der Waals surface area contributed by atoms with Gasteiger partial charge in [0.1, 0.15) is 5.75 Å². The van der Waals surface area contributed by atoms with Crippen LogP contribution in [0.1, 0.15) is 42.6 Å². The standard InChI is InChI=1S/C19H28N2O2/c1-4-6-14(2)12-21-10-9-16(13-21)11-20-19(23)17-7-5-8-18(22)15(17)3/h5-8,16,22H,4,9-13H2,1-3H3,(H,20,23)/b14-6+. The Morgan fingerprint density at radius 2 is 2.26 bits per heavy atom.